The molecule has 1 fully saturated rings. The summed E-state index contributed by atoms with van der Waals surface area (Å²) in [5.74, 6) is 0.253. The van der Waals surface area contributed by atoms with Gasteiger partial charge in [-0.1, -0.05) is 13.3 Å². The summed E-state index contributed by atoms with van der Waals surface area (Å²) in [6, 6.07) is -0.455. The zero-order valence-corrected chi connectivity index (χ0v) is 13.8. The maximum atomic E-state index is 12.3. The third-order valence-corrected chi connectivity index (χ3v) is 3.90. The molecule has 0 spiro atoms. The van der Waals surface area contributed by atoms with Crippen LogP contribution in [0.1, 0.15) is 39.0 Å². The van der Waals surface area contributed by atoms with Crippen molar-refractivity contribution in [3.05, 3.63) is 0 Å². The number of hydrogen-bond acceptors (Lipinski definition) is 3. The van der Waals surface area contributed by atoms with Crippen molar-refractivity contribution in [3.8, 4) is 0 Å². The lowest BCUT2D eigenvalue weighted by Gasteiger charge is -2.32. The third-order valence-electron chi connectivity index (χ3n) is 3.90. The molecule has 0 aromatic carbocycles. The van der Waals surface area contributed by atoms with E-state index in [9.17, 15) is 18.0 Å². The van der Waals surface area contributed by atoms with E-state index in [1.807, 2.05) is 6.92 Å². The van der Waals surface area contributed by atoms with Gasteiger partial charge in [-0.2, -0.15) is 13.2 Å². The number of nitrogens with zero attached hydrogens (tertiary/aromatic N) is 1. The molecule has 0 saturated carbocycles. The quantitative estimate of drug-likeness (QED) is 0.744. The van der Waals surface area contributed by atoms with E-state index >= 15 is 0 Å². The molecule has 1 atom stereocenters. The number of hydrogen-bond donors (Lipinski definition) is 2. The maximum absolute atomic E-state index is 12.3. The van der Waals surface area contributed by atoms with Crippen LogP contribution >= 0.6 is 12.4 Å². The molecule has 1 aliphatic rings. The van der Waals surface area contributed by atoms with Crippen LogP contribution in [-0.2, 0) is 4.79 Å². The molecule has 0 aromatic heterocycles. The molecule has 1 aliphatic heterocycles. The summed E-state index contributed by atoms with van der Waals surface area (Å²) < 4.78 is 36.8. The highest BCUT2D eigenvalue weighted by molar-refractivity contribution is 5.85. The fraction of sp³-hybridized carbons (Fsp3) is 0.929. The Balaban J connectivity index is 0.00000441. The molecule has 3 N–H and O–H groups in total. The van der Waals surface area contributed by atoms with Gasteiger partial charge in [0.25, 0.3) is 0 Å². The van der Waals surface area contributed by atoms with E-state index in [1.54, 1.807) is 0 Å². The van der Waals surface area contributed by atoms with E-state index in [-0.39, 0.29) is 18.3 Å². The Morgan fingerprint density at radius 2 is 1.95 bits per heavy atom. The largest absolute Gasteiger partial charge is 0.401 e. The molecular formula is C14H27ClF3N3O. The van der Waals surface area contributed by atoms with E-state index in [1.165, 1.54) is 4.90 Å². The number of nitrogens with two attached hydrogens (primary N) is 1. The Kier molecular flexibility index (Phi) is 10.0. The van der Waals surface area contributed by atoms with Crippen LogP contribution in [0.25, 0.3) is 0 Å². The monoisotopic (exact) mass is 345 g/mol. The van der Waals surface area contributed by atoms with E-state index < -0.39 is 18.8 Å². The van der Waals surface area contributed by atoms with Crippen molar-refractivity contribution in [3.63, 3.8) is 0 Å². The van der Waals surface area contributed by atoms with Gasteiger partial charge in [0.1, 0.15) is 0 Å². The molecule has 0 aromatic rings. The molecule has 4 nitrogen and oxygen atoms in total. The number of likely N-dealkylation sites (tertiary alicyclic amines) is 1. The minimum atomic E-state index is -4.11. The zero-order chi connectivity index (χ0) is 15.9. The Morgan fingerprint density at radius 3 is 2.45 bits per heavy atom. The lowest BCUT2D eigenvalue weighted by atomic mass is 9.93. The summed E-state index contributed by atoms with van der Waals surface area (Å²) >= 11 is 0. The number of halogens is 4. The molecule has 1 heterocycles. The van der Waals surface area contributed by atoms with Crippen LogP contribution in [0.5, 0.6) is 0 Å². The van der Waals surface area contributed by atoms with Crippen molar-refractivity contribution < 1.29 is 18.0 Å². The van der Waals surface area contributed by atoms with Crippen LogP contribution in [0.4, 0.5) is 13.2 Å². The second-order valence-corrected chi connectivity index (χ2v) is 5.81. The van der Waals surface area contributed by atoms with Crippen molar-refractivity contribution >= 4 is 18.3 Å². The van der Waals surface area contributed by atoms with E-state index in [0.29, 0.717) is 32.0 Å². The zero-order valence-electron chi connectivity index (χ0n) is 13.0. The summed E-state index contributed by atoms with van der Waals surface area (Å²) in [4.78, 5) is 13.1. The molecular weight excluding hydrogens is 319 g/mol. The van der Waals surface area contributed by atoms with Crippen LogP contribution < -0.4 is 11.1 Å². The lowest BCUT2D eigenvalue weighted by molar-refractivity contribution is -0.148. The smallest absolute Gasteiger partial charge is 0.355 e. The van der Waals surface area contributed by atoms with Gasteiger partial charge in [-0.25, -0.2) is 0 Å². The summed E-state index contributed by atoms with van der Waals surface area (Å²) in [6.45, 7) is 2.67. The Morgan fingerprint density at radius 1 is 1.36 bits per heavy atom. The molecule has 132 valence electrons. The predicted octanol–water partition coefficient (Wildman–Crippen LogP) is 2.32. The maximum Gasteiger partial charge on any atom is 0.401 e. The van der Waals surface area contributed by atoms with Crippen molar-refractivity contribution in [1.29, 1.82) is 0 Å². The first-order valence-corrected chi connectivity index (χ1v) is 7.64. The normalized spacial score (nSPS) is 18.6. The molecule has 1 rings (SSSR count). The van der Waals surface area contributed by atoms with Crippen LogP contribution in [0.3, 0.4) is 0 Å². The first-order valence-electron chi connectivity index (χ1n) is 7.64. The number of carbonyl (C=O) groups is 1. The fourth-order valence-electron chi connectivity index (χ4n) is 2.66. The fourth-order valence-corrected chi connectivity index (χ4v) is 2.66. The predicted molar refractivity (Wildman–Crippen MR) is 83.0 cm³/mol. The van der Waals surface area contributed by atoms with Crippen LogP contribution in [-0.4, -0.2) is 49.2 Å². The average Bonchev–Trinajstić information content (AvgIpc) is 2.39. The second-order valence-electron chi connectivity index (χ2n) is 5.81. The van der Waals surface area contributed by atoms with Crippen LogP contribution in [0, 0.1) is 5.92 Å². The molecule has 8 heteroatoms. The standard InChI is InChI=1S/C14H26F3N3O.ClH/c1-2-3-12(18)13(21)19-7-4-11-5-8-20(9-6-11)10-14(15,16)17;/h11-12H,2-10,18H2,1H3,(H,19,21);1H. The summed E-state index contributed by atoms with van der Waals surface area (Å²) in [5.41, 5.74) is 5.70. The number of carbonyl (C=O) groups excluding carboxylic acids is 1. The number of alkyl halides is 3. The third kappa shape index (κ3) is 8.80. The Hall–Kier alpha value is -0.530. The molecule has 22 heavy (non-hydrogen) atoms. The first kappa shape index (κ1) is 21.5. The average molecular weight is 346 g/mol. The molecule has 0 radical (unpaired) electrons. The number of piperidine rings is 1. The van der Waals surface area contributed by atoms with Crippen molar-refractivity contribution in [2.45, 2.75) is 51.2 Å². The first-order chi connectivity index (χ1) is 9.81. The topological polar surface area (TPSA) is 58.4 Å². The summed E-state index contributed by atoms with van der Waals surface area (Å²) in [6.07, 6.45) is -0.255. The van der Waals surface area contributed by atoms with Gasteiger partial charge < -0.3 is 11.1 Å². The molecule has 1 saturated heterocycles. The van der Waals surface area contributed by atoms with Crippen LogP contribution in [0.2, 0.25) is 0 Å². The second kappa shape index (κ2) is 10.3. The molecule has 1 unspecified atom stereocenters. The van der Waals surface area contributed by atoms with Crippen molar-refractivity contribution in [2.24, 2.45) is 11.7 Å². The number of amides is 1. The van der Waals surface area contributed by atoms with E-state index in [4.69, 9.17) is 5.73 Å². The highest BCUT2D eigenvalue weighted by atomic mass is 35.5. The van der Waals surface area contributed by atoms with Gasteiger partial charge in [-0.3, -0.25) is 9.69 Å². The van der Waals surface area contributed by atoms with Gasteiger partial charge in [-0.15, -0.1) is 12.4 Å². The van der Waals surface area contributed by atoms with E-state index in [0.717, 1.165) is 25.7 Å². The van der Waals surface area contributed by atoms with Crippen LogP contribution in [0.15, 0.2) is 0 Å². The van der Waals surface area contributed by atoms with Crippen molar-refractivity contribution in [2.75, 3.05) is 26.2 Å². The SMILES string of the molecule is CCCC(N)C(=O)NCCC1CCN(CC(F)(F)F)CC1.Cl. The van der Waals surface area contributed by atoms with Gasteiger partial charge in [0, 0.05) is 6.54 Å². The number of rotatable bonds is 7. The molecule has 0 aliphatic carbocycles. The van der Waals surface area contributed by atoms with Gasteiger partial charge >= 0.3 is 6.18 Å². The number of nitrogens with one attached hydrogen (secondary N) is 1. The van der Waals surface area contributed by atoms with E-state index in [2.05, 4.69) is 5.32 Å². The minimum absolute atomic E-state index is 0. The summed E-state index contributed by atoms with van der Waals surface area (Å²) in [5, 5.41) is 2.81. The molecule has 1 amide bonds. The van der Waals surface area contributed by atoms with Gasteiger partial charge in [0.15, 0.2) is 0 Å². The lowest BCUT2D eigenvalue weighted by Crippen LogP contribution is -2.42. The molecule has 0 bridgehead atoms. The summed E-state index contributed by atoms with van der Waals surface area (Å²) in [7, 11) is 0. The van der Waals surface area contributed by atoms with Crippen molar-refractivity contribution in [1.82, 2.24) is 10.2 Å². The highest BCUT2D eigenvalue weighted by Gasteiger charge is 2.32. The van der Waals surface area contributed by atoms with Gasteiger partial charge in [-0.05, 0) is 44.7 Å². The van der Waals surface area contributed by atoms with Gasteiger partial charge in [0.05, 0.1) is 12.6 Å². The van der Waals surface area contributed by atoms with Gasteiger partial charge in [0.2, 0.25) is 5.91 Å². The Labute approximate surface area is 136 Å². The Bertz CT molecular complexity index is 321. The minimum Gasteiger partial charge on any atom is -0.355 e. The highest BCUT2D eigenvalue weighted by Crippen LogP contribution is 2.23.